The van der Waals surface area contributed by atoms with Crippen LogP contribution in [0.4, 0.5) is 4.79 Å². The highest BCUT2D eigenvalue weighted by Gasteiger charge is 2.19. The van der Waals surface area contributed by atoms with E-state index in [9.17, 15) is 14.4 Å². The van der Waals surface area contributed by atoms with Gasteiger partial charge in [0.1, 0.15) is 23.2 Å². The Morgan fingerprint density at radius 2 is 1.88 bits per heavy atom. The molecule has 1 amide bonds. The predicted molar refractivity (Wildman–Crippen MR) is 96.8 cm³/mol. The molecule has 0 unspecified atom stereocenters. The molecule has 0 atom stereocenters. The standard InChI is InChI=1S/C19H27NO6/c1-19(2,3)26-18(23)20(4)10-6-7-11-25-16-9-8-14(13-21)12-15(16)17(22)24-5/h8-9,12-13H,6-7,10-11H2,1-5H3. The lowest BCUT2D eigenvalue weighted by Gasteiger charge is -2.24. The van der Waals surface area contributed by atoms with Crippen molar-refractivity contribution < 1.29 is 28.6 Å². The van der Waals surface area contributed by atoms with Crippen LogP contribution in [0.5, 0.6) is 5.75 Å². The topological polar surface area (TPSA) is 82.1 Å². The minimum atomic E-state index is -0.562. The molecule has 1 aromatic carbocycles. The Morgan fingerprint density at radius 1 is 1.19 bits per heavy atom. The molecular weight excluding hydrogens is 338 g/mol. The van der Waals surface area contributed by atoms with E-state index < -0.39 is 11.6 Å². The van der Waals surface area contributed by atoms with Crippen LogP contribution in [0.15, 0.2) is 18.2 Å². The van der Waals surface area contributed by atoms with Gasteiger partial charge in [0.25, 0.3) is 0 Å². The fourth-order valence-electron chi connectivity index (χ4n) is 2.08. The smallest absolute Gasteiger partial charge is 0.410 e. The largest absolute Gasteiger partial charge is 0.493 e. The summed E-state index contributed by atoms with van der Waals surface area (Å²) in [5.74, 6) is -0.198. The first-order valence-corrected chi connectivity index (χ1v) is 8.42. The second-order valence-corrected chi connectivity index (χ2v) is 6.82. The Bertz CT molecular complexity index is 635. The van der Waals surface area contributed by atoms with Crippen molar-refractivity contribution in [2.45, 2.75) is 39.2 Å². The summed E-state index contributed by atoms with van der Waals surface area (Å²) < 4.78 is 15.6. The fraction of sp³-hybridized carbons (Fsp3) is 0.526. The number of esters is 1. The van der Waals surface area contributed by atoms with Crippen LogP contribution in [-0.4, -0.2) is 56.2 Å². The monoisotopic (exact) mass is 365 g/mol. The molecular formula is C19H27NO6. The van der Waals surface area contributed by atoms with Gasteiger partial charge in [-0.1, -0.05) is 0 Å². The van der Waals surface area contributed by atoms with Crippen LogP contribution in [-0.2, 0) is 9.47 Å². The van der Waals surface area contributed by atoms with Crippen LogP contribution in [0.1, 0.15) is 54.3 Å². The number of carbonyl (C=O) groups is 3. The van der Waals surface area contributed by atoms with E-state index >= 15 is 0 Å². The Morgan fingerprint density at radius 3 is 2.46 bits per heavy atom. The summed E-state index contributed by atoms with van der Waals surface area (Å²) in [5.41, 5.74) is 0.0617. The SMILES string of the molecule is COC(=O)c1cc(C=O)ccc1OCCCCN(C)C(=O)OC(C)(C)C. The minimum absolute atomic E-state index is 0.211. The molecule has 7 heteroatoms. The molecule has 0 spiro atoms. The molecule has 0 aromatic heterocycles. The minimum Gasteiger partial charge on any atom is -0.493 e. The highest BCUT2D eigenvalue weighted by atomic mass is 16.6. The van der Waals surface area contributed by atoms with Gasteiger partial charge in [-0.05, 0) is 51.8 Å². The van der Waals surface area contributed by atoms with Crippen molar-refractivity contribution in [3.8, 4) is 5.75 Å². The van der Waals surface area contributed by atoms with Crippen LogP contribution in [0.2, 0.25) is 0 Å². The molecule has 7 nitrogen and oxygen atoms in total. The second-order valence-electron chi connectivity index (χ2n) is 6.82. The van der Waals surface area contributed by atoms with Crippen LogP contribution in [0.3, 0.4) is 0 Å². The lowest BCUT2D eigenvalue weighted by atomic mass is 10.1. The molecule has 26 heavy (non-hydrogen) atoms. The number of methoxy groups -OCH3 is 1. The number of carbonyl (C=O) groups excluding carboxylic acids is 3. The summed E-state index contributed by atoms with van der Waals surface area (Å²) >= 11 is 0. The fourth-order valence-corrected chi connectivity index (χ4v) is 2.08. The third-order valence-corrected chi connectivity index (χ3v) is 3.40. The van der Waals surface area contributed by atoms with Gasteiger partial charge in [0.2, 0.25) is 0 Å². The van der Waals surface area contributed by atoms with E-state index in [1.54, 1.807) is 19.2 Å². The maximum Gasteiger partial charge on any atom is 0.410 e. The zero-order valence-corrected chi connectivity index (χ0v) is 16.0. The van der Waals surface area contributed by atoms with Gasteiger partial charge in [-0.3, -0.25) is 4.79 Å². The number of ether oxygens (including phenoxy) is 3. The number of unbranched alkanes of at least 4 members (excludes halogenated alkanes) is 1. The number of rotatable bonds is 8. The molecule has 0 saturated heterocycles. The van der Waals surface area contributed by atoms with Crippen molar-refractivity contribution in [3.05, 3.63) is 29.3 Å². The Labute approximate surface area is 154 Å². The molecule has 0 N–H and O–H groups in total. The molecule has 0 saturated carbocycles. The van der Waals surface area contributed by atoms with E-state index in [1.807, 2.05) is 20.8 Å². The van der Waals surface area contributed by atoms with Crippen molar-refractivity contribution in [2.75, 3.05) is 27.3 Å². The van der Waals surface area contributed by atoms with Crippen molar-refractivity contribution >= 4 is 18.3 Å². The maximum absolute atomic E-state index is 11.8. The average molecular weight is 365 g/mol. The first-order valence-electron chi connectivity index (χ1n) is 8.42. The zero-order chi connectivity index (χ0) is 19.7. The van der Waals surface area contributed by atoms with E-state index in [2.05, 4.69) is 0 Å². The van der Waals surface area contributed by atoms with Gasteiger partial charge in [0, 0.05) is 19.2 Å². The van der Waals surface area contributed by atoms with E-state index in [0.717, 1.165) is 6.42 Å². The van der Waals surface area contributed by atoms with Crippen LogP contribution < -0.4 is 4.74 Å². The van der Waals surface area contributed by atoms with E-state index in [1.165, 1.54) is 18.1 Å². The molecule has 0 heterocycles. The van der Waals surface area contributed by atoms with Gasteiger partial charge in [-0.2, -0.15) is 0 Å². The first-order chi connectivity index (χ1) is 12.2. The van der Waals surface area contributed by atoms with Crippen LogP contribution in [0, 0.1) is 0 Å². The van der Waals surface area contributed by atoms with Gasteiger partial charge in [-0.25, -0.2) is 9.59 Å². The van der Waals surface area contributed by atoms with Crippen molar-refractivity contribution in [3.63, 3.8) is 0 Å². The lowest BCUT2D eigenvalue weighted by molar-refractivity contribution is 0.0294. The molecule has 1 rings (SSSR count). The number of hydrogen-bond donors (Lipinski definition) is 0. The lowest BCUT2D eigenvalue weighted by Crippen LogP contribution is -2.34. The zero-order valence-electron chi connectivity index (χ0n) is 16.0. The third-order valence-electron chi connectivity index (χ3n) is 3.40. The molecule has 0 bridgehead atoms. The normalized spacial score (nSPS) is 10.8. The van der Waals surface area contributed by atoms with Gasteiger partial charge >= 0.3 is 12.1 Å². The van der Waals surface area contributed by atoms with Crippen molar-refractivity contribution in [1.29, 1.82) is 0 Å². The van der Waals surface area contributed by atoms with Crippen LogP contribution in [0.25, 0.3) is 0 Å². The van der Waals surface area contributed by atoms with Gasteiger partial charge in [-0.15, -0.1) is 0 Å². The number of benzene rings is 1. The summed E-state index contributed by atoms with van der Waals surface area (Å²) in [4.78, 5) is 36.0. The molecule has 0 aliphatic heterocycles. The van der Waals surface area contributed by atoms with Crippen molar-refractivity contribution in [1.82, 2.24) is 4.90 Å². The van der Waals surface area contributed by atoms with E-state index in [4.69, 9.17) is 14.2 Å². The maximum atomic E-state index is 11.8. The van der Waals surface area contributed by atoms with Gasteiger partial charge in [0.15, 0.2) is 0 Å². The Hall–Kier alpha value is -2.57. The number of amides is 1. The molecule has 0 radical (unpaired) electrons. The number of aldehydes is 1. The van der Waals surface area contributed by atoms with E-state index in [-0.39, 0.29) is 11.7 Å². The predicted octanol–water partition coefficient (Wildman–Crippen LogP) is 3.31. The molecule has 0 fully saturated rings. The molecule has 0 aliphatic rings. The quantitative estimate of drug-likeness (QED) is 0.399. The highest BCUT2D eigenvalue weighted by molar-refractivity contribution is 5.94. The van der Waals surface area contributed by atoms with Gasteiger partial charge < -0.3 is 19.1 Å². The summed E-state index contributed by atoms with van der Waals surface area (Å²) in [5, 5.41) is 0. The summed E-state index contributed by atoms with van der Waals surface area (Å²) in [7, 11) is 2.95. The molecule has 0 aliphatic carbocycles. The van der Waals surface area contributed by atoms with E-state index in [0.29, 0.717) is 37.2 Å². The van der Waals surface area contributed by atoms with Crippen molar-refractivity contribution in [2.24, 2.45) is 0 Å². The Kier molecular flexibility index (Phi) is 8.09. The third kappa shape index (κ3) is 7.13. The summed E-state index contributed by atoms with van der Waals surface area (Å²) in [6.07, 6.45) is 1.69. The first kappa shape index (κ1) is 21.5. The Balaban J connectivity index is 2.48. The average Bonchev–Trinajstić information content (AvgIpc) is 2.59. The summed E-state index contributed by atoms with van der Waals surface area (Å²) in [6, 6.07) is 4.58. The summed E-state index contributed by atoms with van der Waals surface area (Å²) in [6.45, 7) is 6.36. The molecule has 144 valence electrons. The van der Waals surface area contributed by atoms with Gasteiger partial charge in [0.05, 0.1) is 13.7 Å². The highest BCUT2D eigenvalue weighted by Crippen LogP contribution is 2.21. The second kappa shape index (κ2) is 9.79. The number of hydrogen-bond acceptors (Lipinski definition) is 6. The number of nitrogens with zero attached hydrogens (tertiary/aromatic N) is 1. The molecule has 1 aromatic rings. The van der Waals surface area contributed by atoms with Crippen LogP contribution >= 0.6 is 0 Å².